The molecule has 2 atom stereocenters. The number of primary amides is 1. The zero-order valence-corrected chi connectivity index (χ0v) is 13.5. The Morgan fingerprint density at radius 2 is 1.80 bits per heavy atom. The van der Waals surface area contributed by atoms with Crippen molar-refractivity contribution in [3.05, 3.63) is 68.3 Å². The summed E-state index contributed by atoms with van der Waals surface area (Å²) in [5, 5.41) is 0.586. The van der Waals surface area contributed by atoms with E-state index in [0.29, 0.717) is 5.02 Å². The van der Waals surface area contributed by atoms with Crippen LogP contribution in [0.4, 0.5) is 0 Å². The monoisotopic (exact) mass is 400 g/mol. The van der Waals surface area contributed by atoms with Gasteiger partial charge in [-0.2, -0.15) is 0 Å². The van der Waals surface area contributed by atoms with E-state index in [0.717, 1.165) is 14.7 Å². The number of hydrogen-bond acceptors (Lipinski definition) is 2. The molecule has 0 spiro atoms. The number of amides is 1. The minimum Gasteiger partial charge on any atom is -0.368 e. The second kappa shape index (κ2) is 6.56. The molecule has 5 heteroatoms. The third-order valence-corrected chi connectivity index (χ3v) is 4.14. The number of carbonyl (C=O) groups is 1. The van der Waals surface area contributed by atoms with Crippen molar-refractivity contribution in [1.29, 1.82) is 0 Å². The third kappa shape index (κ3) is 3.31. The van der Waals surface area contributed by atoms with E-state index in [9.17, 15) is 4.79 Å². The molecule has 0 heterocycles. The van der Waals surface area contributed by atoms with Crippen molar-refractivity contribution in [1.82, 2.24) is 0 Å². The smallest absolute Gasteiger partial charge is 0.235 e. The normalized spacial score (nSPS) is 13.8. The van der Waals surface area contributed by atoms with Crippen LogP contribution >= 0.6 is 34.2 Å². The highest BCUT2D eigenvalue weighted by Gasteiger charge is 2.27. The van der Waals surface area contributed by atoms with E-state index >= 15 is 0 Å². The summed E-state index contributed by atoms with van der Waals surface area (Å²) >= 11 is 8.49. The van der Waals surface area contributed by atoms with Crippen molar-refractivity contribution < 1.29 is 4.79 Å². The highest BCUT2D eigenvalue weighted by atomic mass is 127. The molecule has 0 saturated carbocycles. The van der Waals surface area contributed by atoms with Gasteiger partial charge in [-0.05, 0) is 45.9 Å². The largest absolute Gasteiger partial charge is 0.368 e. The van der Waals surface area contributed by atoms with Crippen LogP contribution in [0.2, 0.25) is 5.02 Å². The topological polar surface area (TPSA) is 69.1 Å². The van der Waals surface area contributed by atoms with E-state index < -0.39 is 11.9 Å². The molecule has 104 valence electrons. The molecule has 2 rings (SSSR count). The minimum atomic E-state index is -0.824. The summed E-state index contributed by atoms with van der Waals surface area (Å²) in [6.07, 6.45) is 0. The average molecular weight is 401 g/mol. The SMILES string of the molecule is NC(=O)C(N)C(c1ccccc1)c1ccc(I)cc1Cl. The average Bonchev–Trinajstić information content (AvgIpc) is 2.42. The molecule has 0 aliphatic heterocycles. The van der Waals surface area contributed by atoms with E-state index in [2.05, 4.69) is 22.6 Å². The summed E-state index contributed by atoms with van der Waals surface area (Å²) in [6, 6.07) is 14.4. The van der Waals surface area contributed by atoms with Crippen molar-refractivity contribution in [3.8, 4) is 0 Å². The highest BCUT2D eigenvalue weighted by Crippen LogP contribution is 2.33. The lowest BCUT2D eigenvalue weighted by Crippen LogP contribution is -2.42. The highest BCUT2D eigenvalue weighted by molar-refractivity contribution is 14.1. The van der Waals surface area contributed by atoms with Crippen molar-refractivity contribution >= 4 is 40.1 Å². The molecule has 2 unspecified atom stereocenters. The summed E-state index contributed by atoms with van der Waals surface area (Å²) in [4.78, 5) is 11.5. The molecule has 0 aliphatic carbocycles. The second-order valence-electron chi connectivity index (χ2n) is 4.48. The van der Waals surface area contributed by atoms with Gasteiger partial charge in [0.05, 0.1) is 6.04 Å². The van der Waals surface area contributed by atoms with Gasteiger partial charge < -0.3 is 11.5 Å². The number of nitrogens with two attached hydrogens (primary N) is 2. The maximum absolute atomic E-state index is 11.5. The van der Waals surface area contributed by atoms with Gasteiger partial charge in [0.2, 0.25) is 5.91 Å². The van der Waals surface area contributed by atoms with Crippen LogP contribution in [0.25, 0.3) is 0 Å². The molecule has 0 radical (unpaired) electrons. The third-order valence-electron chi connectivity index (χ3n) is 3.14. The number of benzene rings is 2. The van der Waals surface area contributed by atoms with Crippen LogP contribution in [0.3, 0.4) is 0 Å². The zero-order chi connectivity index (χ0) is 14.7. The zero-order valence-electron chi connectivity index (χ0n) is 10.6. The van der Waals surface area contributed by atoms with Crippen LogP contribution in [0.5, 0.6) is 0 Å². The van der Waals surface area contributed by atoms with Crippen LogP contribution in [-0.4, -0.2) is 11.9 Å². The van der Waals surface area contributed by atoms with Gasteiger partial charge in [-0.3, -0.25) is 4.79 Å². The lowest BCUT2D eigenvalue weighted by Gasteiger charge is -2.23. The van der Waals surface area contributed by atoms with Gasteiger partial charge in [-0.1, -0.05) is 48.0 Å². The lowest BCUT2D eigenvalue weighted by atomic mass is 9.85. The lowest BCUT2D eigenvalue weighted by molar-refractivity contribution is -0.119. The predicted molar refractivity (Wildman–Crippen MR) is 89.6 cm³/mol. The first kappa shape index (κ1) is 15.3. The predicted octanol–water partition coefficient (Wildman–Crippen LogP) is 2.89. The summed E-state index contributed by atoms with van der Waals surface area (Å²) in [6.45, 7) is 0. The van der Waals surface area contributed by atoms with Crippen LogP contribution < -0.4 is 11.5 Å². The van der Waals surface area contributed by atoms with Crippen molar-refractivity contribution in [2.24, 2.45) is 11.5 Å². The van der Waals surface area contributed by atoms with E-state index in [-0.39, 0.29) is 5.92 Å². The van der Waals surface area contributed by atoms with E-state index in [1.807, 2.05) is 48.5 Å². The first-order valence-corrected chi connectivity index (χ1v) is 7.51. The maximum atomic E-state index is 11.5. The van der Waals surface area contributed by atoms with Crippen LogP contribution in [0, 0.1) is 3.57 Å². The molecular weight excluding hydrogens is 387 g/mol. The fourth-order valence-electron chi connectivity index (χ4n) is 2.16. The van der Waals surface area contributed by atoms with Crippen molar-refractivity contribution in [3.63, 3.8) is 0 Å². The van der Waals surface area contributed by atoms with Gasteiger partial charge >= 0.3 is 0 Å². The summed E-state index contributed by atoms with van der Waals surface area (Å²) < 4.78 is 1.02. The molecule has 4 N–H and O–H groups in total. The van der Waals surface area contributed by atoms with Gasteiger partial charge in [-0.25, -0.2) is 0 Å². The minimum absolute atomic E-state index is 0.349. The van der Waals surface area contributed by atoms with Gasteiger partial charge in [0, 0.05) is 14.5 Å². The van der Waals surface area contributed by atoms with E-state index in [4.69, 9.17) is 23.1 Å². The summed E-state index contributed by atoms with van der Waals surface area (Å²) in [5.74, 6) is -0.897. The molecule has 1 amide bonds. The molecule has 3 nitrogen and oxygen atoms in total. The number of rotatable bonds is 4. The Hall–Kier alpha value is -1.11. The maximum Gasteiger partial charge on any atom is 0.235 e. The quantitative estimate of drug-likeness (QED) is 0.775. The molecule has 2 aromatic rings. The molecule has 2 aromatic carbocycles. The fourth-order valence-corrected chi connectivity index (χ4v) is 3.13. The summed E-state index contributed by atoms with van der Waals surface area (Å²) in [5.41, 5.74) is 13.1. The Morgan fingerprint density at radius 1 is 1.15 bits per heavy atom. The second-order valence-corrected chi connectivity index (χ2v) is 6.14. The molecule has 0 aliphatic rings. The Morgan fingerprint density at radius 3 is 2.35 bits per heavy atom. The molecule has 0 aromatic heterocycles. The molecule has 0 fully saturated rings. The van der Waals surface area contributed by atoms with Crippen LogP contribution in [0.1, 0.15) is 17.0 Å². The van der Waals surface area contributed by atoms with Crippen LogP contribution in [-0.2, 0) is 4.79 Å². The van der Waals surface area contributed by atoms with Gasteiger partial charge in [0.15, 0.2) is 0 Å². The van der Waals surface area contributed by atoms with Crippen LogP contribution in [0.15, 0.2) is 48.5 Å². The number of halogens is 2. The first-order valence-electron chi connectivity index (χ1n) is 6.05. The fraction of sp³-hybridized carbons (Fsp3) is 0.133. The standard InChI is InChI=1S/C15H14ClIN2O/c16-12-8-10(17)6-7-11(12)13(14(18)15(19)20)9-4-2-1-3-5-9/h1-8,13-14H,18H2,(H2,19,20). The molecule has 0 saturated heterocycles. The molecule has 20 heavy (non-hydrogen) atoms. The van der Waals surface area contributed by atoms with Gasteiger partial charge in [-0.15, -0.1) is 0 Å². The summed E-state index contributed by atoms with van der Waals surface area (Å²) in [7, 11) is 0. The number of hydrogen-bond donors (Lipinski definition) is 2. The Kier molecular flexibility index (Phi) is 5.01. The van der Waals surface area contributed by atoms with Gasteiger partial charge in [0.25, 0.3) is 0 Å². The van der Waals surface area contributed by atoms with E-state index in [1.54, 1.807) is 0 Å². The Balaban J connectivity index is 2.54. The van der Waals surface area contributed by atoms with E-state index in [1.165, 1.54) is 0 Å². The molecule has 0 bridgehead atoms. The molecular formula is C15H14ClIN2O. The van der Waals surface area contributed by atoms with Crippen molar-refractivity contribution in [2.75, 3.05) is 0 Å². The van der Waals surface area contributed by atoms with Crippen molar-refractivity contribution in [2.45, 2.75) is 12.0 Å². The number of carbonyl (C=O) groups excluding carboxylic acids is 1. The Labute approximate surface area is 136 Å². The first-order chi connectivity index (χ1) is 9.50. The Bertz CT molecular complexity index is 619. The van der Waals surface area contributed by atoms with Gasteiger partial charge in [0.1, 0.15) is 0 Å².